The molecule has 0 amide bonds. The Kier molecular flexibility index (Phi) is 6.01. The molecule has 1 rings (SSSR count). The molecular formula is C12H20N2O2S2. The fourth-order valence-electron chi connectivity index (χ4n) is 1.55. The summed E-state index contributed by atoms with van der Waals surface area (Å²) in [6.07, 6.45) is 2.46. The number of rotatable bonds is 8. The Morgan fingerprint density at radius 2 is 2.22 bits per heavy atom. The number of nitrogens with zero attached hydrogens (tertiary/aromatic N) is 1. The molecule has 0 bridgehead atoms. The van der Waals surface area contributed by atoms with Gasteiger partial charge in [-0.15, -0.1) is 17.9 Å². The molecule has 18 heavy (non-hydrogen) atoms. The molecule has 0 aliphatic carbocycles. The molecule has 0 fully saturated rings. The Hall–Kier alpha value is -0.690. The van der Waals surface area contributed by atoms with E-state index in [1.54, 1.807) is 12.1 Å². The summed E-state index contributed by atoms with van der Waals surface area (Å²) in [5.41, 5.74) is 0. The quantitative estimate of drug-likeness (QED) is 0.741. The molecule has 0 saturated carbocycles. The third kappa shape index (κ3) is 3.65. The predicted octanol–water partition coefficient (Wildman–Crippen LogP) is 1.71. The minimum absolute atomic E-state index is 0.350. The van der Waals surface area contributed by atoms with Crippen molar-refractivity contribution in [3.8, 4) is 0 Å². The van der Waals surface area contributed by atoms with Crippen molar-refractivity contribution >= 4 is 21.4 Å². The van der Waals surface area contributed by atoms with Crippen LogP contribution in [-0.4, -0.2) is 39.4 Å². The predicted molar refractivity (Wildman–Crippen MR) is 76.6 cm³/mol. The number of hydrogen-bond acceptors (Lipinski definition) is 4. The minimum atomic E-state index is -3.36. The van der Waals surface area contributed by atoms with E-state index in [0.717, 1.165) is 17.8 Å². The van der Waals surface area contributed by atoms with Crippen molar-refractivity contribution in [3.63, 3.8) is 0 Å². The molecule has 102 valence electrons. The Balaban J connectivity index is 2.90. The zero-order valence-corrected chi connectivity index (χ0v) is 12.5. The maximum atomic E-state index is 12.3. The first-order chi connectivity index (χ1) is 8.56. The molecule has 1 aromatic rings. The van der Waals surface area contributed by atoms with E-state index in [9.17, 15) is 8.42 Å². The van der Waals surface area contributed by atoms with Crippen LogP contribution in [0, 0.1) is 0 Å². The first-order valence-corrected chi connectivity index (χ1v) is 8.16. The molecule has 0 aliphatic heterocycles. The van der Waals surface area contributed by atoms with Crippen LogP contribution in [-0.2, 0) is 16.4 Å². The highest BCUT2D eigenvalue weighted by Gasteiger charge is 2.23. The highest BCUT2D eigenvalue weighted by molar-refractivity contribution is 7.91. The van der Waals surface area contributed by atoms with E-state index in [-0.39, 0.29) is 0 Å². The van der Waals surface area contributed by atoms with Crippen molar-refractivity contribution in [2.45, 2.75) is 17.6 Å². The molecule has 6 heteroatoms. The second-order valence-electron chi connectivity index (χ2n) is 3.82. The Morgan fingerprint density at radius 1 is 1.50 bits per heavy atom. The summed E-state index contributed by atoms with van der Waals surface area (Å²) >= 11 is 1.35. The molecular weight excluding hydrogens is 268 g/mol. The van der Waals surface area contributed by atoms with Crippen LogP contribution in [0.4, 0.5) is 0 Å². The van der Waals surface area contributed by atoms with Gasteiger partial charge in [-0.05, 0) is 32.1 Å². The molecule has 0 unspecified atom stereocenters. The van der Waals surface area contributed by atoms with Gasteiger partial charge in [0.25, 0.3) is 10.0 Å². The van der Waals surface area contributed by atoms with E-state index in [0.29, 0.717) is 17.3 Å². The average Bonchev–Trinajstić information content (AvgIpc) is 2.82. The minimum Gasteiger partial charge on any atom is -0.319 e. The normalized spacial score (nSPS) is 11.9. The number of sulfonamides is 1. The van der Waals surface area contributed by atoms with E-state index in [1.807, 2.05) is 20.0 Å². The first kappa shape index (κ1) is 15.4. The molecule has 0 radical (unpaired) electrons. The van der Waals surface area contributed by atoms with Crippen LogP contribution in [0.3, 0.4) is 0 Å². The Bertz CT molecular complexity index is 480. The van der Waals surface area contributed by atoms with Crippen molar-refractivity contribution in [3.05, 3.63) is 29.7 Å². The lowest BCUT2D eigenvalue weighted by Crippen LogP contribution is -2.30. The molecule has 1 aromatic heterocycles. The maximum absolute atomic E-state index is 12.3. The number of hydrogen-bond donors (Lipinski definition) is 1. The molecule has 0 aromatic carbocycles. The standard InChI is InChI=1S/C12H20N2O2S2/c1-4-10-14(5-2)18(15,16)12-7-6-11(17-12)8-9-13-3/h4,6-7,13H,1,5,8-10H2,2-3H3. The summed E-state index contributed by atoms with van der Waals surface area (Å²) in [7, 11) is -1.47. The van der Waals surface area contributed by atoms with Gasteiger partial charge in [-0.25, -0.2) is 8.42 Å². The van der Waals surface area contributed by atoms with E-state index in [4.69, 9.17) is 0 Å². The van der Waals surface area contributed by atoms with Crippen LogP contribution in [0.25, 0.3) is 0 Å². The molecule has 4 nitrogen and oxygen atoms in total. The summed E-state index contributed by atoms with van der Waals surface area (Å²) in [4.78, 5) is 1.08. The summed E-state index contributed by atoms with van der Waals surface area (Å²) < 4.78 is 26.5. The molecule has 0 aliphatic rings. The monoisotopic (exact) mass is 288 g/mol. The van der Waals surface area contributed by atoms with E-state index >= 15 is 0 Å². The second kappa shape index (κ2) is 7.04. The summed E-state index contributed by atoms with van der Waals surface area (Å²) in [5.74, 6) is 0. The van der Waals surface area contributed by atoms with Crippen molar-refractivity contribution in [2.24, 2.45) is 0 Å². The van der Waals surface area contributed by atoms with Crippen LogP contribution in [0.5, 0.6) is 0 Å². The van der Waals surface area contributed by atoms with Gasteiger partial charge in [0.2, 0.25) is 0 Å². The van der Waals surface area contributed by atoms with Gasteiger partial charge >= 0.3 is 0 Å². The van der Waals surface area contributed by atoms with Gasteiger partial charge in [-0.1, -0.05) is 13.0 Å². The van der Waals surface area contributed by atoms with Crippen LogP contribution in [0.1, 0.15) is 11.8 Å². The lowest BCUT2D eigenvalue weighted by atomic mass is 10.3. The van der Waals surface area contributed by atoms with Gasteiger partial charge in [0.15, 0.2) is 0 Å². The summed E-state index contributed by atoms with van der Waals surface area (Å²) in [5, 5.41) is 3.05. The van der Waals surface area contributed by atoms with Crippen molar-refractivity contribution < 1.29 is 8.42 Å². The van der Waals surface area contributed by atoms with Crippen molar-refractivity contribution in [2.75, 3.05) is 26.7 Å². The van der Waals surface area contributed by atoms with Crippen LogP contribution in [0.2, 0.25) is 0 Å². The zero-order valence-electron chi connectivity index (χ0n) is 10.8. The molecule has 1 N–H and O–H groups in total. The van der Waals surface area contributed by atoms with Crippen LogP contribution in [0.15, 0.2) is 29.0 Å². The SMILES string of the molecule is C=CCN(CC)S(=O)(=O)c1ccc(CCNC)s1. The molecule has 1 heterocycles. The number of thiophene rings is 1. The van der Waals surface area contributed by atoms with Gasteiger partial charge < -0.3 is 5.32 Å². The largest absolute Gasteiger partial charge is 0.319 e. The van der Waals surface area contributed by atoms with E-state index in [2.05, 4.69) is 11.9 Å². The van der Waals surface area contributed by atoms with Gasteiger partial charge in [-0.2, -0.15) is 4.31 Å². The zero-order chi connectivity index (χ0) is 13.6. The summed E-state index contributed by atoms with van der Waals surface area (Å²) in [6.45, 7) is 7.08. The lowest BCUT2D eigenvalue weighted by molar-refractivity contribution is 0.461. The fraction of sp³-hybridized carbons (Fsp3) is 0.500. The third-order valence-electron chi connectivity index (χ3n) is 2.54. The van der Waals surface area contributed by atoms with Crippen LogP contribution < -0.4 is 5.32 Å². The van der Waals surface area contributed by atoms with Gasteiger partial charge in [0.1, 0.15) is 4.21 Å². The first-order valence-electron chi connectivity index (χ1n) is 5.90. The van der Waals surface area contributed by atoms with Crippen molar-refractivity contribution in [1.29, 1.82) is 0 Å². The lowest BCUT2D eigenvalue weighted by Gasteiger charge is -2.17. The smallest absolute Gasteiger partial charge is 0.252 e. The Morgan fingerprint density at radius 3 is 2.78 bits per heavy atom. The third-order valence-corrected chi connectivity index (χ3v) is 6.09. The van der Waals surface area contributed by atoms with E-state index < -0.39 is 10.0 Å². The summed E-state index contributed by atoms with van der Waals surface area (Å²) in [6, 6.07) is 3.58. The number of nitrogens with one attached hydrogen (secondary N) is 1. The van der Waals surface area contributed by atoms with E-state index in [1.165, 1.54) is 15.6 Å². The van der Waals surface area contributed by atoms with Gasteiger partial charge in [0, 0.05) is 18.0 Å². The van der Waals surface area contributed by atoms with Crippen molar-refractivity contribution in [1.82, 2.24) is 9.62 Å². The highest BCUT2D eigenvalue weighted by atomic mass is 32.2. The fourth-order valence-corrected chi connectivity index (χ4v) is 4.48. The molecule has 0 spiro atoms. The van der Waals surface area contributed by atoms with Gasteiger partial charge in [-0.3, -0.25) is 0 Å². The van der Waals surface area contributed by atoms with Gasteiger partial charge in [0.05, 0.1) is 0 Å². The average molecular weight is 288 g/mol. The highest BCUT2D eigenvalue weighted by Crippen LogP contribution is 2.25. The molecule has 0 atom stereocenters. The molecule has 0 saturated heterocycles. The topological polar surface area (TPSA) is 49.4 Å². The Labute approximate surface area is 113 Å². The maximum Gasteiger partial charge on any atom is 0.252 e. The number of likely N-dealkylation sites (N-methyl/N-ethyl adjacent to an activating group) is 2. The van der Waals surface area contributed by atoms with Crippen LogP contribution >= 0.6 is 11.3 Å². The second-order valence-corrected chi connectivity index (χ2v) is 7.15.